The number of fused-ring (bicyclic) bond motifs is 2. The highest BCUT2D eigenvalue weighted by atomic mass is 31.1. The zero-order valence-electron chi connectivity index (χ0n) is 16.7. The normalized spacial score (nSPS) is 12.2. The molecule has 1 aliphatic rings. The summed E-state index contributed by atoms with van der Waals surface area (Å²) in [5.74, 6) is 2.00. The molecule has 0 unspecified atom stereocenters. The van der Waals surface area contributed by atoms with Crippen molar-refractivity contribution >= 4 is 23.8 Å². The maximum absolute atomic E-state index is 6.39. The highest BCUT2D eigenvalue weighted by Gasteiger charge is 2.28. The average molecular weight is 394 g/mol. The van der Waals surface area contributed by atoms with Crippen molar-refractivity contribution in [3.63, 3.8) is 0 Å². The predicted molar refractivity (Wildman–Crippen MR) is 124 cm³/mol. The van der Waals surface area contributed by atoms with Crippen molar-refractivity contribution in [3.8, 4) is 11.5 Å². The van der Waals surface area contributed by atoms with Crippen LogP contribution < -0.4 is 20.7 Å². The topological polar surface area (TPSA) is 9.23 Å². The molecule has 0 bridgehead atoms. The monoisotopic (exact) mass is 394 g/mol. The molecule has 2 heteroatoms. The minimum Gasteiger partial charge on any atom is -0.457 e. The van der Waals surface area contributed by atoms with Gasteiger partial charge < -0.3 is 4.74 Å². The van der Waals surface area contributed by atoms with Crippen molar-refractivity contribution in [3.05, 3.63) is 113 Å². The zero-order valence-corrected chi connectivity index (χ0v) is 17.6. The molecule has 0 amide bonds. The van der Waals surface area contributed by atoms with Crippen LogP contribution in [0, 0.1) is 13.8 Å². The van der Waals surface area contributed by atoms with Gasteiger partial charge in [0.05, 0.1) is 0 Å². The Morgan fingerprint density at radius 3 is 1.93 bits per heavy atom. The van der Waals surface area contributed by atoms with Crippen LogP contribution in [-0.4, -0.2) is 0 Å². The second-order valence-corrected chi connectivity index (χ2v) is 9.69. The molecule has 4 aromatic rings. The third-order valence-corrected chi connectivity index (χ3v) is 8.37. The van der Waals surface area contributed by atoms with E-state index in [0.717, 1.165) is 17.9 Å². The number of hydrogen-bond acceptors (Lipinski definition) is 1. The fourth-order valence-corrected chi connectivity index (χ4v) is 6.83. The molecule has 0 atom stereocenters. The van der Waals surface area contributed by atoms with Crippen LogP contribution in [0.4, 0.5) is 0 Å². The molecule has 1 heterocycles. The molecule has 0 aliphatic carbocycles. The largest absolute Gasteiger partial charge is 0.457 e. The number of ether oxygens (including phenoxy) is 1. The predicted octanol–water partition coefficient (Wildman–Crippen LogP) is 5.76. The first-order valence-electron chi connectivity index (χ1n) is 10.0. The molecule has 4 aromatic carbocycles. The first kappa shape index (κ1) is 18.2. The molecule has 1 aliphatic heterocycles. The van der Waals surface area contributed by atoms with Gasteiger partial charge in [0, 0.05) is 12.0 Å². The van der Waals surface area contributed by atoms with Crippen molar-refractivity contribution in [1.29, 1.82) is 0 Å². The molecular formula is C27H23OP. The molecular weight excluding hydrogens is 371 g/mol. The fraction of sp³-hybridized carbons (Fsp3) is 0.111. The third kappa shape index (κ3) is 3.26. The van der Waals surface area contributed by atoms with Crippen LogP contribution in [0.3, 0.4) is 0 Å². The van der Waals surface area contributed by atoms with E-state index >= 15 is 0 Å². The summed E-state index contributed by atoms with van der Waals surface area (Å²) in [5.41, 5.74) is 5.27. The molecule has 0 N–H and O–H groups in total. The molecule has 142 valence electrons. The van der Waals surface area contributed by atoms with Crippen LogP contribution >= 0.6 is 7.92 Å². The summed E-state index contributed by atoms with van der Waals surface area (Å²) in [6, 6.07) is 32.5. The van der Waals surface area contributed by atoms with Gasteiger partial charge in [-0.2, -0.15) is 0 Å². The Bertz CT molecular complexity index is 1130. The number of rotatable bonds is 3. The molecule has 0 fully saturated rings. The van der Waals surface area contributed by atoms with Crippen LogP contribution in [0.5, 0.6) is 11.5 Å². The van der Waals surface area contributed by atoms with Crippen molar-refractivity contribution in [2.75, 3.05) is 0 Å². The minimum absolute atomic E-state index is 0.667. The Balaban J connectivity index is 1.77. The quantitative estimate of drug-likeness (QED) is 0.354. The summed E-state index contributed by atoms with van der Waals surface area (Å²) in [7, 11) is -0.667. The third-order valence-electron chi connectivity index (χ3n) is 5.69. The summed E-state index contributed by atoms with van der Waals surface area (Å²) in [6.07, 6.45) is 0.917. The SMILES string of the molecule is Cc1cc2c(c(P(c3ccccc3)c3ccccc3)c1C)Cc1ccccc1O2. The molecule has 29 heavy (non-hydrogen) atoms. The van der Waals surface area contributed by atoms with Gasteiger partial charge in [-0.15, -0.1) is 0 Å². The van der Waals surface area contributed by atoms with Crippen molar-refractivity contribution in [2.24, 2.45) is 0 Å². The van der Waals surface area contributed by atoms with Gasteiger partial charge in [0.25, 0.3) is 0 Å². The van der Waals surface area contributed by atoms with E-state index in [1.165, 1.54) is 38.2 Å². The van der Waals surface area contributed by atoms with Crippen molar-refractivity contribution in [2.45, 2.75) is 20.3 Å². The van der Waals surface area contributed by atoms with Gasteiger partial charge in [0.15, 0.2) is 0 Å². The van der Waals surface area contributed by atoms with Gasteiger partial charge >= 0.3 is 0 Å². The van der Waals surface area contributed by atoms with Crippen molar-refractivity contribution in [1.82, 2.24) is 0 Å². The van der Waals surface area contributed by atoms with E-state index in [1.807, 2.05) is 6.07 Å². The summed E-state index contributed by atoms with van der Waals surface area (Å²) < 4.78 is 6.39. The van der Waals surface area contributed by atoms with Gasteiger partial charge in [0.2, 0.25) is 0 Å². The van der Waals surface area contributed by atoms with E-state index in [1.54, 1.807) is 0 Å². The van der Waals surface area contributed by atoms with Gasteiger partial charge in [-0.1, -0.05) is 78.9 Å². The van der Waals surface area contributed by atoms with E-state index in [9.17, 15) is 0 Å². The fourth-order valence-electron chi connectivity index (χ4n) is 4.11. The molecule has 5 rings (SSSR count). The molecule has 0 radical (unpaired) electrons. The molecule has 1 nitrogen and oxygen atoms in total. The van der Waals surface area contributed by atoms with E-state index in [4.69, 9.17) is 4.74 Å². The Hall–Kier alpha value is -2.89. The van der Waals surface area contributed by atoms with E-state index in [2.05, 4.69) is 98.8 Å². The average Bonchev–Trinajstić information content (AvgIpc) is 2.77. The first-order valence-corrected chi connectivity index (χ1v) is 11.4. The lowest BCUT2D eigenvalue weighted by molar-refractivity contribution is 0.460. The van der Waals surface area contributed by atoms with Crippen molar-refractivity contribution < 1.29 is 4.74 Å². The number of benzene rings is 4. The van der Waals surface area contributed by atoms with E-state index in [-0.39, 0.29) is 0 Å². The van der Waals surface area contributed by atoms with Crippen LogP contribution in [0.2, 0.25) is 0 Å². The van der Waals surface area contributed by atoms with Crippen LogP contribution in [-0.2, 0) is 6.42 Å². The molecule has 0 saturated heterocycles. The Morgan fingerprint density at radius 1 is 0.690 bits per heavy atom. The van der Waals surface area contributed by atoms with Gasteiger partial charge in [-0.3, -0.25) is 0 Å². The van der Waals surface area contributed by atoms with Crippen LogP contribution in [0.25, 0.3) is 0 Å². The lowest BCUT2D eigenvalue weighted by Gasteiger charge is -2.30. The Kier molecular flexibility index (Phi) is 4.70. The summed E-state index contributed by atoms with van der Waals surface area (Å²) in [5, 5.41) is 4.20. The van der Waals surface area contributed by atoms with Crippen LogP contribution in [0.1, 0.15) is 22.3 Å². The van der Waals surface area contributed by atoms with E-state index < -0.39 is 7.92 Å². The Labute approximate surface area is 173 Å². The molecule has 0 aromatic heterocycles. The number of hydrogen-bond donors (Lipinski definition) is 0. The number of aryl methyl sites for hydroxylation is 1. The first-order chi connectivity index (χ1) is 14.2. The van der Waals surface area contributed by atoms with E-state index in [0.29, 0.717) is 0 Å². The second-order valence-electron chi connectivity index (χ2n) is 7.54. The summed E-state index contributed by atoms with van der Waals surface area (Å²) in [6.45, 7) is 4.47. The van der Waals surface area contributed by atoms with Gasteiger partial charge in [-0.05, 0) is 66.5 Å². The lowest BCUT2D eigenvalue weighted by Crippen LogP contribution is -2.27. The lowest BCUT2D eigenvalue weighted by atomic mass is 9.96. The second kappa shape index (κ2) is 7.50. The zero-order chi connectivity index (χ0) is 19.8. The maximum atomic E-state index is 6.39. The minimum atomic E-state index is -0.667. The highest BCUT2D eigenvalue weighted by molar-refractivity contribution is 7.80. The molecule has 0 spiro atoms. The van der Waals surface area contributed by atoms with Gasteiger partial charge in [-0.25, -0.2) is 0 Å². The smallest absolute Gasteiger partial charge is 0.131 e. The highest BCUT2D eigenvalue weighted by Crippen LogP contribution is 2.43. The molecule has 0 saturated carbocycles. The standard InChI is InChI=1S/C27H23OP/c1-19-17-26-24(18-21-11-9-10-16-25(21)28-26)27(20(19)2)29(22-12-5-3-6-13-22)23-14-7-4-8-15-23/h3-17H,18H2,1-2H3. The Morgan fingerprint density at radius 2 is 1.28 bits per heavy atom. The summed E-state index contributed by atoms with van der Waals surface area (Å²) >= 11 is 0. The van der Waals surface area contributed by atoms with Gasteiger partial charge in [0.1, 0.15) is 11.5 Å². The van der Waals surface area contributed by atoms with Crippen LogP contribution in [0.15, 0.2) is 91.0 Å². The summed E-state index contributed by atoms with van der Waals surface area (Å²) in [4.78, 5) is 0. The maximum Gasteiger partial charge on any atom is 0.131 e. The number of para-hydroxylation sites is 1.